The molecule has 0 amide bonds. The molecule has 0 aromatic heterocycles. The van der Waals surface area contributed by atoms with Crippen molar-refractivity contribution in [1.29, 1.82) is 0 Å². The van der Waals surface area contributed by atoms with Gasteiger partial charge in [-0.1, -0.05) is 159 Å². The van der Waals surface area contributed by atoms with Gasteiger partial charge < -0.3 is 14.7 Å². The molecule has 0 unspecified atom stereocenters. The number of rotatable bonds is 10. The van der Waals surface area contributed by atoms with Crippen LogP contribution in [0, 0.1) is 6.92 Å². The normalized spacial score (nSPS) is 12.4. The van der Waals surface area contributed by atoms with Gasteiger partial charge in [0.05, 0.1) is 5.69 Å². The average molecular weight is 810 g/mol. The van der Waals surface area contributed by atoms with Gasteiger partial charge in [0.2, 0.25) is 0 Å². The first-order valence-electron chi connectivity index (χ1n) is 22.4. The first kappa shape index (κ1) is 38.4. The van der Waals surface area contributed by atoms with Gasteiger partial charge in [0.15, 0.2) is 0 Å². The highest BCUT2D eigenvalue weighted by molar-refractivity contribution is 7.00. The Hall–Kier alpha value is -7.56. The maximum Gasteiger partial charge on any atom is 0.252 e. The lowest BCUT2D eigenvalue weighted by Gasteiger charge is -2.45. The zero-order valence-electron chi connectivity index (χ0n) is 35.8. The van der Waals surface area contributed by atoms with E-state index in [0.29, 0.717) is 0 Å². The fourth-order valence-corrected chi connectivity index (χ4v) is 9.93. The second-order valence-corrected chi connectivity index (χ2v) is 16.9. The van der Waals surface area contributed by atoms with Crippen molar-refractivity contribution in [2.45, 2.75) is 33.1 Å². The summed E-state index contributed by atoms with van der Waals surface area (Å²) in [7, 11) is 0. The lowest BCUT2D eigenvalue weighted by Crippen LogP contribution is -2.61. The summed E-state index contributed by atoms with van der Waals surface area (Å²) < 4.78 is 0. The highest BCUT2D eigenvalue weighted by Crippen LogP contribution is 2.48. The second-order valence-electron chi connectivity index (χ2n) is 16.9. The lowest BCUT2D eigenvalue weighted by molar-refractivity contribution is 0.795. The Morgan fingerprint density at radius 1 is 0.429 bits per heavy atom. The van der Waals surface area contributed by atoms with E-state index in [1.807, 2.05) is 0 Å². The first-order chi connectivity index (χ1) is 31.1. The van der Waals surface area contributed by atoms with E-state index >= 15 is 0 Å². The molecule has 0 fully saturated rings. The molecule has 0 radical (unpaired) electrons. The van der Waals surface area contributed by atoms with Gasteiger partial charge in [0, 0.05) is 51.1 Å². The minimum absolute atomic E-state index is 0.0124. The predicted octanol–water partition coefficient (Wildman–Crippen LogP) is 14.2. The maximum absolute atomic E-state index is 2.56. The van der Waals surface area contributed by atoms with Crippen LogP contribution in [-0.4, -0.2) is 6.71 Å². The van der Waals surface area contributed by atoms with E-state index in [-0.39, 0.29) is 6.71 Å². The zero-order chi connectivity index (χ0) is 42.3. The third kappa shape index (κ3) is 6.89. The highest BCUT2D eigenvalue weighted by Gasteiger charge is 2.44. The Bertz CT molecular complexity index is 3020. The van der Waals surface area contributed by atoms with Crippen molar-refractivity contribution in [2.24, 2.45) is 0 Å². The van der Waals surface area contributed by atoms with E-state index in [9.17, 15) is 0 Å². The van der Waals surface area contributed by atoms with Gasteiger partial charge in [-0.25, -0.2) is 0 Å². The van der Waals surface area contributed by atoms with Gasteiger partial charge in [-0.05, 0) is 137 Å². The van der Waals surface area contributed by atoms with Gasteiger partial charge in [0.1, 0.15) is 0 Å². The quantitative estimate of drug-likeness (QED) is 0.127. The van der Waals surface area contributed by atoms with Crippen LogP contribution in [0.3, 0.4) is 0 Å². The summed E-state index contributed by atoms with van der Waals surface area (Å²) in [5.74, 6) is 0. The van der Waals surface area contributed by atoms with Crippen molar-refractivity contribution in [1.82, 2.24) is 0 Å². The van der Waals surface area contributed by atoms with Crippen LogP contribution < -0.4 is 31.1 Å². The molecule has 0 atom stereocenters. The third-order valence-corrected chi connectivity index (χ3v) is 12.8. The Kier molecular flexibility index (Phi) is 9.98. The molecule has 4 heteroatoms. The minimum Gasteiger partial charge on any atom is -0.311 e. The van der Waals surface area contributed by atoms with Crippen LogP contribution >= 0.6 is 0 Å². The smallest absolute Gasteiger partial charge is 0.252 e. The predicted molar refractivity (Wildman–Crippen MR) is 269 cm³/mol. The van der Waals surface area contributed by atoms with Crippen molar-refractivity contribution in [2.75, 3.05) is 14.7 Å². The van der Waals surface area contributed by atoms with E-state index in [1.54, 1.807) is 0 Å². The Balaban J connectivity index is 1.19. The third-order valence-electron chi connectivity index (χ3n) is 12.8. The summed E-state index contributed by atoms with van der Waals surface area (Å²) >= 11 is 0. The Morgan fingerprint density at radius 2 is 0.984 bits per heavy atom. The number of benzene rings is 9. The van der Waals surface area contributed by atoms with Crippen molar-refractivity contribution in [3.8, 4) is 22.3 Å². The molecule has 0 saturated heterocycles. The van der Waals surface area contributed by atoms with Crippen LogP contribution in [0.25, 0.3) is 22.3 Å². The summed E-state index contributed by atoms with van der Waals surface area (Å²) in [6, 6.07) is 80.6. The van der Waals surface area contributed by atoms with Crippen LogP contribution in [0.15, 0.2) is 218 Å². The fourth-order valence-electron chi connectivity index (χ4n) is 9.93. The van der Waals surface area contributed by atoms with E-state index in [0.717, 1.165) is 34.9 Å². The topological polar surface area (TPSA) is 9.72 Å². The van der Waals surface area contributed by atoms with Crippen molar-refractivity contribution >= 4 is 74.3 Å². The molecular formula is C59H48BN3. The Labute approximate surface area is 372 Å². The highest BCUT2D eigenvalue weighted by atomic mass is 15.2. The van der Waals surface area contributed by atoms with Gasteiger partial charge >= 0.3 is 0 Å². The van der Waals surface area contributed by atoms with Gasteiger partial charge in [0.25, 0.3) is 6.71 Å². The maximum atomic E-state index is 2.56. The Morgan fingerprint density at radius 3 is 1.63 bits per heavy atom. The van der Waals surface area contributed by atoms with Crippen molar-refractivity contribution in [3.05, 3.63) is 230 Å². The molecule has 2 heterocycles. The number of anilines is 9. The molecule has 63 heavy (non-hydrogen) atoms. The SMILES string of the molecule is CCCCc1ccc(N2c3cc(N(c4ccccc4)c4ccccc4)ccc3B3c4ccc(-c5ccccc5)cc4N(c4ccccc4-c4ccccc4)c4cc(C)cc2c43)cc1. The molecular weight excluding hydrogens is 761 g/mol. The molecule has 11 rings (SSSR count). The average Bonchev–Trinajstić information content (AvgIpc) is 3.34. The molecule has 0 N–H and O–H groups in total. The van der Waals surface area contributed by atoms with Crippen LogP contribution in [0.2, 0.25) is 0 Å². The molecule has 302 valence electrons. The number of aryl methyl sites for hydroxylation is 2. The lowest BCUT2D eigenvalue weighted by atomic mass is 9.33. The van der Waals surface area contributed by atoms with Gasteiger partial charge in [-0.15, -0.1) is 0 Å². The fraction of sp³-hybridized carbons (Fsp3) is 0.0847. The number of fused-ring (bicyclic) bond motifs is 4. The zero-order valence-corrected chi connectivity index (χ0v) is 35.8. The van der Waals surface area contributed by atoms with Crippen molar-refractivity contribution < 1.29 is 0 Å². The number of para-hydroxylation sites is 3. The molecule has 0 spiro atoms. The van der Waals surface area contributed by atoms with Crippen LogP contribution in [0.5, 0.6) is 0 Å². The number of hydrogen-bond donors (Lipinski definition) is 0. The second kappa shape index (κ2) is 16.4. The molecule has 9 aromatic rings. The molecule has 2 aliphatic heterocycles. The standard InChI is InChI=1S/C59H48BN3/c1-3-4-19-43-30-33-49(34-31-43)62-56-41-50(61(47-24-13-7-14-25-47)48-26-15-8-16-27-48)35-37-53(56)60-52-36-32-46(44-20-9-5-10-21-44)40-55(52)63(58-39-42(2)38-57(62)59(58)60)54-29-18-17-28-51(54)45-22-11-6-12-23-45/h5-18,20-41H,3-4,19H2,1-2H3. The van der Waals surface area contributed by atoms with Crippen molar-refractivity contribution in [3.63, 3.8) is 0 Å². The number of hydrogen-bond acceptors (Lipinski definition) is 3. The molecule has 0 bridgehead atoms. The van der Waals surface area contributed by atoms with Crippen LogP contribution in [0.4, 0.5) is 51.2 Å². The summed E-state index contributed by atoms with van der Waals surface area (Å²) in [5.41, 5.74) is 21.8. The van der Waals surface area contributed by atoms with E-state index in [2.05, 4.69) is 247 Å². The van der Waals surface area contributed by atoms with Crippen LogP contribution in [-0.2, 0) is 6.42 Å². The number of nitrogens with zero attached hydrogens (tertiary/aromatic N) is 3. The van der Waals surface area contributed by atoms with E-state index in [4.69, 9.17) is 0 Å². The summed E-state index contributed by atoms with van der Waals surface area (Å²) in [6.45, 7) is 4.51. The summed E-state index contributed by atoms with van der Waals surface area (Å²) in [6.07, 6.45) is 3.45. The molecule has 2 aliphatic rings. The monoisotopic (exact) mass is 809 g/mol. The van der Waals surface area contributed by atoms with Crippen LogP contribution in [0.1, 0.15) is 30.9 Å². The van der Waals surface area contributed by atoms with Gasteiger partial charge in [-0.2, -0.15) is 0 Å². The molecule has 9 aromatic carbocycles. The molecule has 0 aliphatic carbocycles. The molecule has 0 saturated carbocycles. The van der Waals surface area contributed by atoms with Gasteiger partial charge in [-0.3, -0.25) is 0 Å². The van der Waals surface area contributed by atoms with E-state index in [1.165, 1.54) is 85.4 Å². The summed E-state index contributed by atoms with van der Waals surface area (Å²) in [4.78, 5) is 7.49. The first-order valence-corrected chi connectivity index (χ1v) is 22.4. The number of unbranched alkanes of at least 4 members (excludes halogenated alkanes) is 1. The van der Waals surface area contributed by atoms with E-state index < -0.39 is 0 Å². The molecule has 3 nitrogen and oxygen atoms in total. The minimum atomic E-state index is -0.0124. The largest absolute Gasteiger partial charge is 0.311 e. The summed E-state index contributed by atoms with van der Waals surface area (Å²) in [5, 5.41) is 0.